The molecular weight excluding hydrogens is 376 g/mol. The molecule has 0 bridgehead atoms. The molecule has 1 heterocycles. The summed E-state index contributed by atoms with van der Waals surface area (Å²) in [6.45, 7) is 1.13. The normalized spacial score (nSPS) is 15.6. The number of benzene rings is 1. The average molecular weight is 405 g/mol. The molecule has 2 aromatic rings. The number of imidazole rings is 1. The summed E-state index contributed by atoms with van der Waals surface area (Å²) in [5, 5.41) is 2.86. The summed E-state index contributed by atoms with van der Waals surface area (Å²) in [4.78, 5) is 16.7. The van der Waals surface area contributed by atoms with Crippen molar-refractivity contribution in [1.82, 2.24) is 19.2 Å². The summed E-state index contributed by atoms with van der Waals surface area (Å²) in [6, 6.07) is 8.28. The number of carbonyl (C=O) groups is 1. The molecule has 1 aromatic heterocycles. The molecule has 1 amide bonds. The highest BCUT2D eigenvalue weighted by molar-refractivity contribution is 7.89. The Bertz CT molecular complexity index is 832. The Balaban J connectivity index is 1.62. The maximum atomic E-state index is 13.2. The van der Waals surface area contributed by atoms with Crippen LogP contribution in [-0.4, -0.2) is 47.3 Å². The Morgan fingerprint density at radius 1 is 1.18 bits per heavy atom. The second-order valence-corrected chi connectivity index (χ2v) is 9.05. The van der Waals surface area contributed by atoms with Crippen molar-refractivity contribution in [2.75, 3.05) is 13.1 Å². The quantitative estimate of drug-likeness (QED) is 0.651. The lowest BCUT2D eigenvalue weighted by atomic mass is 9.95. The van der Waals surface area contributed by atoms with Gasteiger partial charge >= 0.3 is 0 Å². The zero-order chi connectivity index (χ0) is 19.8. The predicted molar refractivity (Wildman–Crippen MR) is 107 cm³/mol. The smallest absolute Gasteiger partial charge is 0.243 e. The second-order valence-electron chi connectivity index (χ2n) is 7.16. The Kier molecular flexibility index (Phi) is 7.22. The maximum absolute atomic E-state index is 13.2. The van der Waals surface area contributed by atoms with Crippen LogP contribution in [0.2, 0.25) is 0 Å². The average Bonchev–Trinajstić information content (AvgIpc) is 3.24. The molecule has 1 aliphatic carbocycles. The first-order valence-corrected chi connectivity index (χ1v) is 11.3. The Hall–Kier alpha value is -2.19. The topological polar surface area (TPSA) is 84.3 Å². The van der Waals surface area contributed by atoms with E-state index in [-0.39, 0.29) is 23.4 Å². The van der Waals surface area contributed by atoms with E-state index in [4.69, 9.17) is 0 Å². The van der Waals surface area contributed by atoms with Gasteiger partial charge in [-0.25, -0.2) is 13.4 Å². The lowest BCUT2D eigenvalue weighted by Crippen LogP contribution is -2.47. The van der Waals surface area contributed by atoms with Gasteiger partial charge in [0.25, 0.3) is 0 Å². The molecule has 0 radical (unpaired) electrons. The molecular formula is C20H28N4O3S. The third-order valence-electron chi connectivity index (χ3n) is 5.11. The number of rotatable bonds is 9. The van der Waals surface area contributed by atoms with Crippen LogP contribution in [0.5, 0.6) is 0 Å². The number of nitrogens with one attached hydrogen (secondary N) is 1. The van der Waals surface area contributed by atoms with Crippen LogP contribution in [0.25, 0.3) is 0 Å². The predicted octanol–water partition coefficient (Wildman–Crippen LogP) is 2.41. The third kappa shape index (κ3) is 5.42. The van der Waals surface area contributed by atoms with Gasteiger partial charge in [0.1, 0.15) is 0 Å². The van der Waals surface area contributed by atoms with Gasteiger partial charge in [0.2, 0.25) is 15.9 Å². The Morgan fingerprint density at radius 3 is 2.61 bits per heavy atom. The van der Waals surface area contributed by atoms with Crippen molar-refractivity contribution in [1.29, 1.82) is 0 Å². The van der Waals surface area contributed by atoms with E-state index < -0.39 is 10.0 Å². The number of hydrogen-bond donors (Lipinski definition) is 1. The van der Waals surface area contributed by atoms with E-state index in [2.05, 4.69) is 10.3 Å². The molecule has 28 heavy (non-hydrogen) atoms. The number of aromatic nitrogens is 2. The molecule has 1 N–H and O–H groups in total. The molecule has 0 unspecified atom stereocenters. The monoisotopic (exact) mass is 404 g/mol. The highest BCUT2D eigenvalue weighted by atomic mass is 32.2. The molecule has 8 heteroatoms. The van der Waals surface area contributed by atoms with E-state index in [1.165, 1.54) is 4.31 Å². The Morgan fingerprint density at radius 2 is 1.93 bits per heavy atom. The molecule has 0 aliphatic heterocycles. The fraction of sp³-hybridized carbons (Fsp3) is 0.500. The molecule has 152 valence electrons. The number of amides is 1. The molecule has 0 saturated heterocycles. The first-order valence-electron chi connectivity index (χ1n) is 9.87. The van der Waals surface area contributed by atoms with Crippen LogP contribution in [0.1, 0.15) is 38.5 Å². The van der Waals surface area contributed by atoms with Crippen LogP contribution in [0.4, 0.5) is 0 Å². The van der Waals surface area contributed by atoms with Gasteiger partial charge in [-0.15, -0.1) is 0 Å². The van der Waals surface area contributed by atoms with Gasteiger partial charge in [0.05, 0.1) is 17.8 Å². The molecule has 1 saturated carbocycles. The molecule has 3 rings (SSSR count). The highest BCUT2D eigenvalue weighted by Gasteiger charge is 2.33. The van der Waals surface area contributed by atoms with Crippen LogP contribution in [0, 0.1) is 0 Å². The van der Waals surface area contributed by atoms with Gasteiger partial charge in [0.15, 0.2) is 0 Å². The van der Waals surface area contributed by atoms with Gasteiger partial charge < -0.3 is 9.88 Å². The van der Waals surface area contributed by atoms with Gasteiger partial charge in [-0.2, -0.15) is 4.31 Å². The van der Waals surface area contributed by atoms with Gasteiger partial charge in [-0.3, -0.25) is 4.79 Å². The SMILES string of the molecule is O=C(CN(C1CCCCC1)S(=O)(=O)c1ccccc1)NCCCn1ccnc1. The van der Waals surface area contributed by atoms with Crippen LogP contribution in [0.3, 0.4) is 0 Å². The second kappa shape index (κ2) is 9.84. The third-order valence-corrected chi connectivity index (χ3v) is 7.02. The van der Waals surface area contributed by atoms with Crippen molar-refractivity contribution in [3.8, 4) is 0 Å². The van der Waals surface area contributed by atoms with Gasteiger partial charge in [-0.05, 0) is 31.4 Å². The van der Waals surface area contributed by atoms with E-state index in [1.54, 1.807) is 42.9 Å². The molecule has 1 fully saturated rings. The van der Waals surface area contributed by atoms with Crippen molar-refractivity contribution in [2.45, 2.75) is 56.0 Å². The number of nitrogens with zero attached hydrogens (tertiary/aromatic N) is 3. The lowest BCUT2D eigenvalue weighted by Gasteiger charge is -2.33. The number of sulfonamides is 1. The van der Waals surface area contributed by atoms with Crippen LogP contribution >= 0.6 is 0 Å². The lowest BCUT2D eigenvalue weighted by molar-refractivity contribution is -0.121. The first-order chi connectivity index (χ1) is 13.6. The zero-order valence-corrected chi connectivity index (χ0v) is 16.9. The standard InChI is InChI=1S/C20H28N4O3S/c25-20(22-12-7-14-23-15-13-21-17-23)16-24(18-8-3-1-4-9-18)28(26,27)19-10-5-2-6-11-19/h2,5-6,10-11,13,15,17-18H,1,3-4,7-9,12,14,16H2,(H,22,25). The van der Waals surface area contributed by atoms with Crippen molar-refractivity contribution in [2.24, 2.45) is 0 Å². The minimum absolute atomic E-state index is 0.115. The summed E-state index contributed by atoms with van der Waals surface area (Å²) >= 11 is 0. The minimum Gasteiger partial charge on any atom is -0.355 e. The molecule has 0 spiro atoms. The van der Waals surface area contributed by atoms with Crippen LogP contribution in [0.15, 0.2) is 53.9 Å². The molecule has 1 aromatic carbocycles. The molecule has 0 atom stereocenters. The first kappa shape index (κ1) is 20.5. The number of carbonyl (C=O) groups excluding carboxylic acids is 1. The van der Waals surface area contributed by atoms with Gasteiger partial charge in [-0.1, -0.05) is 37.5 Å². The summed E-state index contributed by atoms with van der Waals surface area (Å²) in [5.41, 5.74) is 0. The molecule has 7 nitrogen and oxygen atoms in total. The number of hydrogen-bond acceptors (Lipinski definition) is 4. The Labute approximate surface area is 166 Å². The zero-order valence-electron chi connectivity index (χ0n) is 16.0. The summed E-state index contributed by atoms with van der Waals surface area (Å²) in [6.07, 6.45) is 10.8. The summed E-state index contributed by atoms with van der Waals surface area (Å²) in [7, 11) is -3.70. The maximum Gasteiger partial charge on any atom is 0.243 e. The van der Waals surface area contributed by atoms with Crippen molar-refractivity contribution in [3.05, 3.63) is 49.1 Å². The van der Waals surface area contributed by atoms with E-state index >= 15 is 0 Å². The van der Waals surface area contributed by atoms with E-state index in [0.717, 1.165) is 45.1 Å². The van der Waals surface area contributed by atoms with Crippen LogP contribution in [-0.2, 0) is 21.4 Å². The van der Waals surface area contributed by atoms with Crippen molar-refractivity contribution < 1.29 is 13.2 Å². The van der Waals surface area contributed by atoms with Crippen LogP contribution < -0.4 is 5.32 Å². The van der Waals surface area contributed by atoms with E-state index in [1.807, 2.05) is 10.8 Å². The fourth-order valence-corrected chi connectivity index (χ4v) is 5.28. The summed E-state index contributed by atoms with van der Waals surface area (Å²) < 4.78 is 29.7. The number of aryl methyl sites for hydroxylation is 1. The van der Waals surface area contributed by atoms with E-state index in [9.17, 15) is 13.2 Å². The largest absolute Gasteiger partial charge is 0.355 e. The minimum atomic E-state index is -3.70. The van der Waals surface area contributed by atoms with E-state index in [0.29, 0.717) is 6.54 Å². The fourth-order valence-electron chi connectivity index (χ4n) is 3.61. The van der Waals surface area contributed by atoms with Crippen molar-refractivity contribution in [3.63, 3.8) is 0 Å². The summed E-state index contributed by atoms with van der Waals surface area (Å²) in [5.74, 6) is -0.254. The van der Waals surface area contributed by atoms with Crippen molar-refractivity contribution >= 4 is 15.9 Å². The highest BCUT2D eigenvalue weighted by Crippen LogP contribution is 2.27. The molecule has 1 aliphatic rings. The van der Waals surface area contributed by atoms with Gasteiger partial charge in [0, 0.05) is 31.5 Å².